The molecule has 11 nitrogen and oxygen atoms in total. The van der Waals surface area contributed by atoms with E-state index >= 15 is 0 Å². The summed E-state index contributed by atoms with van der Waals surface area (Å²) < 4.78 is 1.43. The smallest absolute Gasteiger partial charge is 0.347 e. The number of nitrogens with zero attached hydrogens (tertiary/aromatic N) is 5. The van der Waals surface area contributed by atoms with Crippen LogP contribution in [-0.2, 0) is 0 Å². The van der Waals surface area contributed by atoms with E-state index in [1.165, 1.54) is 34.0 Å². The van der Waals surface area contributed by atoms with Gasteiger partial charge < -0.3 is 15.1 Å². The van der Waals surface area contributed by atoms with Crippen LogP contribution in [0.4, 0.5) is 17.1 Å². The maximum Gasteiger partial charge on any atom is 0.347 e. The molecule has 0 saturated carbocycles. The van der Waals surface area contributed by atoms with Gasteiger partial charge in [-0.2, -0.15) is 4.57 Å². The van der Waals surface area contributed by atoms with Crippen LogP contribution in [0.5, 0.6) is 0 Å². The van der Waals surface area contributed by atoms with Crippen LogP contribution in [0.1, 0.15) is 0 Å². The third kappa shape index (κ3) is 3.06. The van der Waals surface area contributed by atoms with Gasteiger partial charge in [0.05, 0.1) is 15.5 Å². The minimum atomic E-state index is -0.991. The number of anilines is 1. The Hall–Kier alpha value is -3.15. The van der Waals surface area contributed by atoms with Gasteiger partial charge in [0.1, 0.15) is 12.3 Å². The van der Waals surface area contributed by atoms with Crippen LogP contribution in [-0.4, -0.2) is 51.1 Å². The zero-order chi connectivity index (χ0) is 19.0. The van der Waals surface area contributed by atoms with Crippen LogP contribution >= 0.6 is 0 Å². The second kappa shape index (κ2) is 6.63. The molecule has 0 bridgehead atoms. The molecule has 1 saturated heterocycles. The Labute approximate surface area is 147 Å². The number of benzene rings is 1. The lowest BCUT2D eigenvalue weighted by Crippen LogP contribution is -2.40. The molecule has 136 valence electrons. The number of β-amino-alcohol motifs (C(OH)–C–C–N with tert-alkyl or cyclic N) is 1. The van der Waals surface area contributed by atoms with Gasteiger partial charge in [0.2, 0.25) is 0 Å². The Morgan fingerprint density at radius 1 is 1.12 bits per heavy atom. The summed E-state index contributed by atoms with van der Waals surface area (Å²) in [6.07, 6.45) is 1.15. The van der Waals surface area contributed by atoms with E-state index < -0.39 is 28.1 Å². The SMILES string of the molecule is CN1CC(O)N(c2cc[n+](-c3ccc([N+](=O)[O-])cc3[N+](=O)[O-])cc2)C1O. The number of nitro groups is 2. The minimum absolute atomic E-state index is 0.159. The van der Waals surface area contributed by atoms with Crippen molar-refractivity contribution in [2.45, 2.75) is 12.6 Å². The molecule has 0 aliphatic carbocycles. The summed E-state index contributed by atoms with van der Waals surface area (Å²) in [6.45, 7) is 0.268. The monoisotopic (exact) mass is 362 g/mol. The first-order valence-electron chi connectivity index (χ1n) is 7.59. The highest BCUT2D eigenvalue weighted by molar-refractivity contribution is 5.54. The third-order valence-electron chi connectivity index (χ3n) is 4.17. The number of rotatable bonds is 4. The summed E-state index contributed by atoms with van der Waals surface area (Å²) in [7, 11) is 1.66. The molecule has 11 heteroatoms. The summed E-state index contributed by atoms with van der Waals surface area (Å²) in [5.41, 5.74) is -0.0936. The maximum absolute atomic E-state index is 11.3. The molecule has 1 aliphatic heterocycles. The van der Waals surface area contributed by atoms with Crippen molar-refractivity contribution in [3.8, 4) is 5.69 Å². The van der Waals surface area contributed by atoms with Gasteiger partial charge in [-0.25, -0.2) is 0 Å². The van der Waals surface area contributed by atoms with E-state index in [9.17, 15) is 30.4 Å². The average molecular weight is 362 g/mol. The summed E-state index contributed by atoms with van der Waals surface area (Å²) >= 11 is 0. The van der Waals surface area contributed by atoms with E-state index in [1.807, 2.05) is 0 Å². The minimum Gasteiger partial charge on any atom is -0.372 e. The second-order valence-corrected chi connectivity index (χ2v) is 5.82. The van der Waals surface area contributed by atoms with E-state index in [1.54, 1.807) is 24.1 Å². The zero-order valence-corrected chi connectivity index (χ0v) is 13.7. The number of non-ortho nitro benzene ring substituents is 1. The van der Waals surface area contributed by atoms with Gasteiger partial charge in [-0.15, -0.1) is 0 Å². The molecule has 2 aromatic rings. The molecular formula is C15H16N5O6+. The van der Waals surface area contributed by atoms with Crippen molar-refractivity contribution >= 4 is 17.1 Å². The Morgan fingerprint density at radius 3 is 2.27 bits per heavy atom. The maximum atomic E-state index is 11.3. The number of hydrogen-bond acceptors (Lipinski definition) is 8. The molecule has 1 fully saturated rings. The number of aliphatic hydroxyl groups is 2. The number of hydrogen-bond donors (Lipinski definition) is 2. The van der Waals surface area contributed by atoms with Gasteiger partial charge in [-0.3, -0.25) is 25.1 Å². The van der Waals surface area contributed by atoms with E-state index in [0.29, 0.717) is 5.69 Å². The fraction of sp³-hybridized carbons (Fsp3) is 0.267. The predicted molar refractivity (Wildman–Crippen MR) is 88.4 cm³/mol. The molecule has 3 rings (SSSR count). The van der Waals surface area contributed by atoms with Gasteiger partial charge >= 0.3 is 5.69 Å². The summed E-state index contributed by atoms with van der Waals surface area (Å²) in [5, 5.41) is 42.2. The molecule has 2 unspecified atom stereocenters. The number of pyridine rings is 1. The first-order valence-corrected chi connectivity index (χ1v) is 7.59. The van der Waals surface area contributed by atoms with Crippen LogP contribution in [0, 0.1) is 20.2 Å². The number of aliphatic hydroxyl groups excluding tert-OH is 2. The largest absolute Gasteiger partial charge is 0.372 e. The molecule has 0 amide bonds. The lowest BCUT2D eigenvalue weighted by Gasteiger charge is -2.26. The fourth-order valence-corrected chi connectivity index (χ4v) is 2.85. The lowest BCUT2D eigenvalue weighted by molar-refractivity contribution is -0.600. The van der Waals surface area contributed by atoms with Crippen molar-refractivity contribution in [2.75, 3.05) is 18.5 Å². The van der Waals surface area contributed by atoms with Crippen LogP contribution in [0.2, 0.25) is 0 Å². The number of aromatic nitrogens is 1. The zero-order valence-electron chi connectivity index (χ0n) is 13.7. The van der Waals surface area contributed by atoms with Crippen LogP contribution in [0.15, 0.2) is 42.7 Å². The Balaban J connectivity index is 1.97. The molecule has 0 spiro atoms. The highest BCUT2D eigenvalue weighted by Crippen LogP contribution is 2.26. The van der Waals surface area contributed by atoms with E-state index in [0.717, 1.165) is 6.07 Å². The first-order chi connectivity index (χ1) is 12.3. The Bertz CT molecular complexity index is 858. The molecule has 1 aliphatic rings. The second-order valence-electron chi connectivity index (χ2n) is 5.82. The van der Waals surface area contributed by atoms with Crippen molar-refractivity contribution < 1.29 is 24.6 Å². The van der Waals surface area contributed by atoms with Crippen LogP contribution in [0.25, 0.3) is 5.69 Å². The first kappa shape index (κ1) is 17.7. The van der Waals surface area contributed by atoms with Gasteiger partial charge in [0.15, 0.2) is 18.7 Å². The summed E-state index contributed by atoms with van der Waals surface area (Å²) in [5.74, 6) is 0. The molecule has 0 radical (unpaired) electrons. The standard InChI is InChI=1S/C15H16N5O6/c1-16-9-14(21)18(15(16)22)10-4-6-17(7-5-10)12-3-2-11(19(23)24)8-13(12)20(25)26/h2-8,14-15,21-22H,9H2,1H3/q+1. The fourth-order valence-electron chi connectivity index (χ4n) is 2.85. The van der Waals surface area contributed by atoms with Crippen molar-refractivity contribution in [3.05, 3.63) is 63.0 Å². The van der Waals surface area contributed by atoms with E-state index in [4.69, 9.17) is 0 Å². The third-order valence-corrected chi connectivity index (χ3v) is 4.17. The van der Waals surface area contributed by atoms with Crippen molar-refractivity contribution in [2.24, 2.45) is 0 Å². The van der Waals surface area contributed by atoms with Crippen LogP contribution in [0.3, 0.4) is 0 Å². The Morgan fingerprint density at radius 2 is 1.77 bits per heavy atom. The molecule has 1 aromatic heterocycles. The number of likely N-dealkylation sites (N-methyl/N-ethyl adjacent to an activating group) is 1. The summed E-state index contributed by atoms with van der Waals surface area (Å²) in [6, 6.07) is 6.54. The molecule has 1 aromatic carbocycles. The molecular weight excluding hydrogens is 346 g/mol. The average Bonchev–Trinajstić information content (AvgIpc) is 2.86. The quantitative estimate of drug-likeness (QED) is 0.445. The van der Waals surface area contributed by atoms with Gasteiger partial charge in [0, 0.05) is 30.8 Å². The highest BCUT2D eigenvalue weighted by atomic mass is 16.6. The van der Waals surface area contributed by atoms with Gasteiger partial charge in [0.25, 0.3) is 11.4 Å². The van der Waals surface area contributed by atoms with Gasteiger partial charge in [-0.05, 0) is 7.05 Å². The highest BCUT2D eigenvalue weighted by Gasteiger charge is 2.35. The molecule has 2 N–H and O–H groups in total. The number of nitro benzene ring substituents is 2. The summed E-state index contributed by atoms with van der Waals surface area (Å²) in [4.78, 5) is 23.7. The van der Waals surface area contributed by atoms with Crippen molar-refractivity contribution in [3.63, 3.8) is 0 Å². The Kier molecular flexibility index (Phi) is 4.50. The molecule has 26 heavy (non-hydrogen) atoms. The van der Waals surface area contributed by atoms with E-state index in [-0.39, 0.29) is 17.9 Å². The van der Waals surface area contributed by atoms with Crippen molar-refractivity contribution in [1.82, 2.24) is 4.90 Å². The molecule has 2 atom stereocenters. The lowest BCUT2D eigenvalue weighted by atomic mass is 10.2. The molecule has 2 heterocycles. The normalized spacial score (nSPS) is 20.3. The van der Waals surface area contributed by atoms with E-state index in [2.05, 4.69) is 0 Å². The van der Waals surface area contributed by atoms with Crippen molar-refractivity contribution in [1.29, 1.82) is 0 Å². The van der Waals surface area contributed by atoms with Gasteiger partial charge in [-0.1, -0.05) is 0 Å². The topological polar surface area (TPSA) is 137 Å². The van der Waals surface area contributed by atoms with Crippen LogP contribution < -0.4 is 9.47 Å². The predicted octanol–water partition coefficient (Wildman–Crippen LogP) is 0.126.